The summed E-state index contributed by atoms with van der Waals surface area (Å²) in [5, 5.41) is 3.21. The fraction of sp³-hybridized carbons (Fsp3) is 0.600. The highest BCUT2D eigenvalue weighted by atomic mass is 79.9. The van der Waals surface area contributed by atoms with Crippen LogP contribution in [-0.2, 0) is 4.74 Å². The van der Waals surface area contributed by atoms with Gasteiger partial charge in [0.25, 0.3) is 0 Å². The number of nitrogens with zero attached hydrogens (tertiary/aromatic N) is 2. The molecule has 0 amide bonds. The molecule has 6 heteroatoms. The van der Waals surface area contributed by atoms with Crippen LogP contribution >= 0.6 is 15.9 Å². The lowest BCUT2D eigenvalue weighted by Crippen LogP contribution is -2.06. The highest BCUT2D eigenvalue weighted by molar-refractivity contribution is 9.10. The van der Waals surface area contributed by atoms with Crippen molar-refractivity contribution in [2.45, 2.75) is 19.3 Å². The van der Waals surface area contributed by atoms with Crippen molar-refractivity contribution in [3.8, 4) is 0 Å². The summed E-state index contributed by atoms with van der Waals surface area (Å²) in [6, 6.07) is 0. The zero-order valence-corrected chi connectivity index (χ0v) is 11.0. The van der Waals surface area contributed by atoms with Crippen molar-refractivity contribution >= 4 is 27.7 Å². The number of hydrogen-bond acceptors (Lipinski definition) is 5. The van der Waals surface area contributed by atoms with E-state index in [9.17, 15) is 0 Å². The minimum absolute atomic E-state index is 0.282. The Balaban J connectivity index is 2.23. The second kappa shape index (κ2) is 7.40. The van der Waals surface area contributed by atoms with E-state index in [4.69, 9.17) is 10.5 Å². The van der Waals surface area contributed by atoms with E-state index >= 15 is 0 Å². The standard InChI is InChI=1S/C10H17BrN4O/c1-16-6-4-2-3-5-13-9-8(11)7-14-10(12)15-9/h7H,2-6H2,1H3,(H3,12,13,14,15). The average molecular weight is 289 g/mol. The molecule has 0 atom stereocenters. The van der Waals surface area contributed by atoms with Crippen LogP contribution in [0.25, 0.3) is 0 Å². The van der Waals surface area contributed by atoms with Gasteiger partial charge in [-0.15, -0.1) is 0 Å². The number of halogens is 1. The van der Waals surface area contributed by atoms with E-state index in [2.05, 4.69) is 31.2 Å². The van der Waals surface area contributed by atoms with Gasteiger partial charge in [0, 0.05) is 26.5 Å². The van der Waals surface area contributed by atoms with Gasteiger partial charge in [0.15, 0.2) is 0 Å². The van der Waals surface area contributed by atoms with Gasteiger partial charge < -0.3 is 15.8 Å². The molecule has 0 spiro atoms. The zero-order valence-electron chi connectivity index (χ0n) is 9.37. The average Bonchev–Trinajstić information content (AvgIpc) is 2.28. The van der Waals surface area contributed by atoms with E-state index in [-0.39, 0.29) is 5.95 Å². The number of anilines is 2. The molecule has 1 rings (SSSR count). The molecule has 3 N–H and O–H groups in total. The van der Waals surface area contributed by atoms with Crippen molar-refractivity contribution in [2.75, 3.05) is 31.3 Å². The van der Waals surface area contributed by atoms with Crippen LogP contribution in [0, 0.1) is 0 Å². The first-order valence-electron chi connectivity index (χ1n) is 5.25. The summed E-state index contributed by atoms with van der Waals surface area (Å²) in [4.78, 5) is 7.96. The van der Waals surface area contributed by atoms with Crippen molar-refractivity contribution in [1.29, 1.82) is 0 Å². The molecular formula is C10H17BrN4O. The molecule has 0 bridgehead atoms. The topological polar surface area (TPSA) is 73.1 Å². The van der Waals surface area contributed by atoms with Gasteiger partial charge in [-0.1, -0.05) is 0 Å². The molecule has 1 aromatic rings. The number of nitrogens with two attached hydrogens (primary N) is 1. The maximum Gasteiger partial charge on any atom is 0.221 e. The monoisotopic (exact) mass is 288 g/mol. The first-order valence-corrected chi connectivity index (χ1v) is 6.04. The van der Waals surface area contributed by atoms with Crippen molar-refractivity contribution in [3.63, 3.8) is 0 Å². The van der Waals surface area contributed by atoms with Crippen LogP contribution in [0.1, 0.15) is 19.3 Å². The van der Waals surface area contributed by atoms with Crippen molar-refractivity contribution in [2.24, 2.45) is 0 Å². The van der Waals surface area contributed by atoms with Crippen LogP contribution in [-0.4, -0.2) is 30.2 Å². The van der Waals surface area contributed by atoms with Crippen LogP contribution in [0.15, 0.2) is 10.7 Å². The Kier molecular flexibility index (Phi) is 6.10. The van der Waals surface area contributed by atoms with E-state index in [1.54, 1.807) is 13.3 Å². The molecule has 0 aromatic carbocycles. The lowest BCUT2D eigenvalue weighted by atomic mass is 10.2. The first kappa shape index (κ1) is 13.2. The number of unbranched alkanes of at least 4 members (excludes halogenated alkanes) is 2. The maximum atomic E-state index is 5.50. The number of aromatic nitrogens is 2. The van der Waals surface area contributed by atoms with Crippen molar-refractivity contribution in [1.82, 2.24) is 9.97 Å². The third kappa shape index (κ3) is 4.76. The van der Waals surface area contributed by atoms with Crippen molar-refractivity contribution < 1.29 is 4.74 Å². The Morgan fingerprint density at radius 2 is 2.25 bits per heavy atom. The molecule has 0 fully saturated rings. The highest BCUT2D eigenvalue weighted by Crippen LogP contribution is 2.18. The molecular weight excluding hydrogens is 272 g/mol. The Morgan fingerprint density at radius 1 is 1.44 bits per heavy atom. The number of methoxy groups -OCH3 is 1. The number of hydrogen-bond donors (Lipinski definition) is 2. The summed E-state index contributed by atoms with van der Waals surface area (Å²) in [7, 11) is 1.72. The summed E-state index contributed by atoms with van der Waals surface area (Å²) >= 11 is 3.36. The third-order valence-corrected chi connectivity index (χ3v) is 2.66. The zero-order chi connectivity index (χ0) is 11.8. The predicted molar refractivity (Wildman–Crippen MR) is 68.4 cm³/mol. The van der Waals surface area contributed by atoms with Gasteiger partial charge in [0.05, 0.1) is 4.47 Å². The van der Waals surface area contributed by atoms with E-state index in [0.717, 1.165) is 42.7 Å². The van der Waals surface area contributed by atoms with Crippen LogP contribution in [0.4, 0.5) is 11.8 Å². The fourth-order valence-corrected chi connectivity index (χ4v) is 1.59. The van der Waals surface area contributed by atoms with Crippen LogP contribution in [0.5, 0.6) is 0 Å². The molecule has 90 valence electrons. The Labute approximate surface area is 104 Å². The molecule has 0 aliphatic rings. The second-order valence-electron chi connectivity index (χ2n) is 3.40. The second-order valence-corrected chi connectivity index (χ2v) is 4.26. The van der Waals surface area contributed by atoms with Crippen LogP contribution in [0.2, 0.25) is 0 Å². The Morgan fingerprint density at radius 3 is 3.00 bits per heavy atom. The molecule has 16 heavy (non-hydrogen) atoms. The van der Waals surface area contributed by atoms with E-state index < -0.39 is 0 Å². The molecule has 0 saturated heterocycles. The first-order chi connectivity index (χ1) is 7.74. The summed E-state index contributed by atoms with van der Waals surface area (Å²) < 4.78 is 5.81. The van der Waals surface area contributed by atoms with E-state index in [1.807, 2.05) is 0 Å². The Hall–Kier alpha value is -0.880. The van der Waals surface area contributed by atoms with E-state index in [0.29, 0.717) is 0 Å². The van der Waals surface area contributed by atoms with Gasteiger partial charge in [-0.25, -0.2) is 4.98 Å². The van der Waals surface area contributed by atoms with Gasteiger partial charge in [0.1, 0.15) is 5.82 Å². The summed E-state index contributed by atoms with van der Waals surface area (Å²) in [5.41, 5.74) is 5.50. The van der Waals surface area contributed by atoms with Gasteiger partial charge in [0.2, 0.25) is 5.95 Å². The SMILES string of the molecule is COCCCCCNc1nc(N)ncc1Br. The molecule has 1 aromatic heterocycles. The Bertz CT molecular complexity index is 322. The largest absolute Gasteiger partial charge is 0.385 e. The maximum absolute atomic E-state index is 5.50. The molecule has 0 radical (unpaired) electrons. The fourth-order valence-electron chi connectivity index (χ4n) is 1.26. The molecule has 0 aliphatic carbocycles. The lowest BCUT2D eigenvalue weighted by Gasteiger charge is -2.07. The summed E-state index contributed by atoms with van der Waals surface area (Å²) in [6.45, 7) is 1.70. The van der Waals surface area contributed by atoms with Gasteiger partial charge in [-0.2, -0.15) is 4.98 Å². The van der Waals surface area contributed by atoms with Crippen molar-refractivity contribution in [3.05, 3.63) is 10.7 Å². The molecule has 0 saturated carbocycles. The predicted octanol–water partition coefficient (Wildman–Crippen LogP) is 2.05. The molecule has 1 heterocycles. The van der Waals surface area contributed by atoms with Gasteiger partial charge in [-0.05, 0) is 35.2 Å². The minimum atomic E-state index is 0.282. The number of rotatable bonds is 7. The number of nitrogen functional groups attached to an aromatic ring is 1. The lowest BCUT2D eigenvalue weighted by molar-refractivity contribution is 0.192. The molecule has 0 aliphatic heterocycles. The normalized spacial score (nSPS) is 10.4. The quantitative estimate of drug-likeness (QED) is 0.752. The smallest absolute Gasteiger partial charge is 0.221 e. The third-order valence-electron chi connectivity index (χ3n) is 2.08. The summed E-state index contributed by atoms with van der Waals surface area (Å²) in [5.74, 6) is 1.03. The van der Waals surface area contributed by atoms with E-state index in [1.165, 1.54) is 0 Å². The van der Waals surface area contributed by atoms with Crippen LogP contribution in [0.3, 0.4) is 0 Å². The highest BCUT2D eigenvalue weighted by Gasteiger charge is 2.01. The van der Waals surface area contributed by atoms with Crippen LogP contribution < -0.4 is 11.1 Å². The van der Waals surface area contributed by atoms with Gasteiger partial charge >= 0.3 is 0 Å². The molecule has 0 unspecified atom stereocenters. The number of ether oxygens (including phenoxy) is 1. The van der Waals surface area contributed by atoms with Gasteiger partial charge in [-0.3, -0.25) is 0 Å². The minimum Gasteiger partial charge on any atom is -0.385 e. The molecule has 5 nitrogen and oxygen atoms in total. The summed E-state index contributed by atoms with van der Waals surface area (Å²) in [6.07, 6.45) is 4.96. The number of nitrogens with one attached hydrogen (secondary N) is 1.